The highest BCUT2D eigenvalue weighted by Gasteiger charge is 2.08. The Balaban J connectivity index is 2.96. The number of halogens is 1. The average Bonchev–Trinajstić information content (AvgIpc) is 2.04. The van der Waals surface area contributed by atoms with Crippen LogP contribution < -0.4 is 11.5 Å². The molecule has 0 saturated carbocycles. The zero-order chi connectivity index (χ0) is 9.84. The minimum absolute atomic E-state index is 0.250. The Morgan fingerprint density at radius 2 is 2.23 bits per heavy atom. The van der Waals surface area contributed by atoms with Gasteiger partial charge in [0.1, 0.15) is 0 Å². The van der Waals surface area contributed by atoms with Crippen LogP contribution >= 0.6 is 15.9 Å². The third kappa shape index (κ3) is 2.44. The molecule has 4 N–H and O–H groups in total. The molecular formula is C9H10BrN3. The van der Waals surface area contributed by atoms with Gasteiger partial charge in [0.15, 0.2) is 0 Å². The molecule has 13 heavy (non-hydrogen) atoms. The SMILES string of the molecule is N#CC[C@H](N)c1ccc(N)cc1Br. The van der Waals surface area contributed by atoms with Crippen molar-refractivity contribution in [2.75, 3.05) is 5.73 Å². The van der Waals surface area contributed by atoms with Gasteiger partial charge in [-0.05, 0) is 17.7 Å². The van der Waals surface area contributed by atoms with E-state index in [1.54, 1.807) is 12.1 Å². The van der Waals surface area contributed by atoms with E-state index >= 15 is 0 Å². The third-order valence-corrected chi connectivity index (χ3v) is 2.42. The largest absolute Gasteiger partial charge is 0.399 e. The van der Waals surface area contributed by atoms with Crippen molar-refractivity contribution in [1.29, 1.82) is 5.26 Å². The maximum atomic E-state index is 8.47. The molecule has 1 aromatic rings. The molecular weight excluding hydrogens is 230 g/mol. The van der Waals surface area contributed by atoms with Gasteiger partial charge in [-0.1, -0.05) is 22.0 Å². The van der Waals surface area contributed by atoms with Crippen LogP contribution in [0.5, 0.6) is 0 Å². The van der Waals surface area contributed by atoms with E-state index in [4.69, 9.17) is 16.7 Å². The molecule has 0 aromatic heterocycles. The fourth-order valence-corrected chi connectivity index (χ4v) is 1.74. The summed E-state index contributed by atoms with van der Waals surface area (Å²) in [5, 5.41) is 8.47. The van der Waals surface area contributed by atoms with Gasteiger partial charge < -0.3 is 11.5 Å². The van der Waals surface area contributed by atoms with Crippen LogP contribution in [-0.2, 0) is 0 Å². The molecule has 68 valence electrons. The maximum absolute atomic E-state index is 8.47. The number of nitrogen functional groups attached to an aromatic ring is 1. The normalized spacial score (nSPS) is 12.1. The number of nitriles is 1. The van der Waals surface area contributed by atoms with Gasteiger partial charge >= 0.3 is 0 Å². The summed E-state index contributed by atoms with van der Waals surface area (Å²) >= 11 is 3.35. The van der Waals surface area contributed by atoms with Gasteiger partial charge in [0.2, 0.25) is 0 Å². The molecule has 4 heteroatoms. The van der Waals surface area contributed by atoms with Gasteiger partial charge in [-0.3, -0.25) is 0 Å². The molecule has 0 radical (unpaired) electrons. The summed E-state index contributed by atoms with van der Waals surface area (Å²) in [6, 6.07) is 7.17. The van der Waals surface area contributed by atoms with Gasteiger partial charge in [0.25, 0.3) is 0 Å². The Morgan fingerprint density at radius 3 is 2.77 bits per heavy atom. The van der Waals surface area contributed by atoms with Crippen molar-refractivity contribution in [3.8, 4) is 6.07 Å². The molecule has 0 aliphatic rings. The maximum Gasteiger partial charge on any atom is 0.0641 e. The molecule has 1 atom stereocenters. The van der Waals surface area contributed by atoms with E-state index in [0.29, 0.717) is 12.1 Å². The predicted octanol–water partition coefficient (Wildman–Crippen LogP) is 1.94. The minimum Gasteiger partial charge on any atom is -0.399 e. The molecule has 0 aliphatic heterocycles. The van der Waals surface area contributed by atoms with Crippen LogP contribution in [0.2, 0.25) is 0 Å². The van der Waals surface area contributed by atoms with Gasteiger partial charge in [0, 0.05) is 16.2 Å². The molecule has 0 spiro atoms. The first kappa shape index (κ1) is 10.0. The molecule has 0 aliphatic carbocycles. The summed E-state index contributed by atoms with van der Waals surface area (Å²) in [7, 11) is 0. The number of benzene rings is 1. The summed E-state index contributed by atoms with van der Waals surface area (Å²) in [4.78, 5) is 0. The lowest BCUT2D eigenvalue weighted by atomic mass is 10.1. The van der Waals surface area contributed by atoms with Crippen molar-refractivity contribution in [3.63, 3.8) is 0 Å². The minimum atomic E-state index is -0.250. The Hall–Kier alpha value is -1.05. The number of hydrogen-bond acceptors (Lipinski definition) is 3. The highest BCUT2D eigenvalue weighted by Crippen LogP contribution is 2.25. The first-order valence-electron chi connectivity index (χ1n) is 3.82. The molecule has 0 heterocycles. The molecule has 0 fully saturated rings. The molecule has 0 amide bonds. The van der Waals surface area contributed by atoms with Crippen molar-refractivity contribution in [1.82, 2.24) is 0 Å². The van der Waals surface area contributed by atoms with Gasteiger partial charge in [-0.15, -0.1) is 0 Å². The van der Waals surface area contributed by atoms with Crippen molar-refractivity contribution < 1.29 is 0 Å². The highest BCUT2D eigenvalue weighted by atomic mass is 79.9. The Bertz CT molecular complexity index is 343. The smallest absolute Gasteiger partial charge is 0.0641 e. The topological polar surface area (TPSA) is 75.8 Å². The second-order valence-corrected chi connectivity index (χ2v) is 3.60. The number of nitrogens with two attached hydrogens (primary N) is 2. The average molecular weight is 240 g/mol. The van der Waals surface area contributed by atoms with Crippen LogP contribution in [0.15, 0.2) is 22.7 Å². The van der Waals surface area contributed by atoms with E-state index in [9.17, 15) is 0 Å². The summed E-state index contributed by atoms with van der Waals surface area (Å²) < 4.78 is 0.857. The lowest BCUT2D eigenvalue weighted by Crippen LogP contribution is -2.10. The summed E-state index contributed by atoms with van der Waals surface area (Å²) in [6.07, 6.45) is 0.308. The van der Waals surface area contributed by atoms with Crippen LogP contribution in [0, 0.1) is 11.3 Å². The predicted molar refractivity (Wildman–Crippen MR) is 55.7 cm³/mol. The lowest BCUT2D eigenvalue weighted by Gasteiger charge is -2.10. The number of anilines is 1. The quantitative estimate of drug-likeness (QED) is 0.775. The lowest BCUT2D eigenvalue weighted by molar-refractivity contribution is 0.745. The van der Waals surface area contributed by atoms with Crippen LogP contribution in [0.4, 0.5) is 5.69 Å². The van der Waals surface area contributed by atoms with Gasteiger partial charge in [0.05, 0.1) is 12.5 Å². The molecule has 0 bridgehead atoms. The fourth-order valence-electron chi connectivity index (χ4n) is 1.05. The first-order chi connectivity index (χ1) is 6.15. The second-order valence-electron chi connectivity index (χ2n) is 2.75. The van der Waals surface area contributed by atoms with E-state index in [2.05, 4.69) is 15.9 Å². The van der Waals surface area contributed by atoms with Crippen molar-refractivity contribution in [2.24, 2.45) is 5.73 Å². The van der Waals surface area contributed by atoms with Crippen molar-refractivity contribution in [3.05, 3.63) is 28.2 Å². The highest BCUT2D eigenvalue weighted by molar-refractivity contribution is 9.10. The first-order valence-corrected chi connectivity index (χ1v) is 4.62. The monoisotopic (exact) mass is 239 g/mol. The molecule has 0 unspecified atom stereocenters. The number of nitrogens with zero attached hydrogens (tertiary/aromatic N) is 1. The standard InChI is InChI=1S/C9H10BrN3/c10-8-5-6(12)1-2-7(8)9(13)3-4-11/h1-2,5,9H,3,12-13H2/t9-/m0/s1. The van der Waals surface area contributed by atoms with E-state index in [-0.39, 0.29) is 6.04 Å². The third-order valence-electron chi connectivity index (χ3n) is 1.74. The van der Waals surface area contributed by atoms with Crippen LogP contribution in [-0.4, -0.2) is 0 Å². The molecule has 1 rings (SSSR count). The van der Waals surface area contributed by atoms with Gasteiger partial charge in [-0.2, -0.15) is 5.26 Å². The summed E-state index contributed by atoms with van der Waals surface area (Å²) in [6.45, 7) is 0. The number of hydrogen-bond donors (Lipinski definition) is 2. The zero-order valence-electron chi connectivity index (χ0n) is 7.00. The van der Waals surface area contributed by atoms with E-state index in [1.165, 1.54) is 0 Å². The van der Waals surface area contributed by atoms with Gasteiger partial charge in [-0.25, -0.2) is 0 Å². The van der Waals surface area contributed by atoms with E-state index < -0.39 is 0 Å². The van der Waals surface area contributed by atoms with Crippen LogP contribution in [0.25, 0.3) is 0 Å². The zero-order valence-corrected chi connectivity index (χ0v) is 8.58. The summed E-state index contributed by atoms with van der Waals surface area (Å²) in [5.41, 5.74) is 12.9. The second kappa shape index (κ2) is 4.26. The fraction of sp³-hybridized carbons (Fsp3) is 0.222. The molecule has 3 nitrogen and oxygen atoms in total. The summed E-state index contributed by atoms with van der Waals surface area (Å²) in [5.74, 6) is 0. The van der Waals surface area contributed by atoms with E-state index in [0.717, 1.165) is 10.0 Å². The Labute approximate surface area is 85.5 Å². The van der Waals surface area contributed by atoms with E-state index in [1.807, 2.05) is 12.1 Å². The van der Waals surface area contributed by atoms with Crippen LogP contribution in [0.1, 0.15) is 18.0 Å². The van der Waals surface area contributed by atoms with Crippen LogP contribution in [0.3, 0.4) is 0 Å². The Kier molecular flexibility index (Phi) is 3.29. The molecule has 0 saturated heterocycles. The Morgan fingerprint density at radius 1 is 1.54 bits per heavy atom. The van der Waals surface area contributed by atoms with Crippen molar-refractivity contribution >= 4 is 21.6 Å². The number of rotatable bonds is 2. The molecule has 1 aromatic carbocycles. The van der Waals surface area contributed by atoms with Crippen molar-refractivity contribution in [2.45, 2.75) is 12.5 Å².